The number of rotatable bonds is 13. The van der Waals surface area contributed by atoms with Crippen LogP contribution in [0.25, 0.3) is 0 Å². The van der Waals surface area contributed by atoms with E-state index in [0.29, 0.717) is 18.4 Å². The number of carbonyl (C=O) groups excluding carboxylic acids is 4. The second-order valence-corrected chi connectivity index (χ2v) is 12.6. The molecule has 8 nitrogen and oxygen atoms in total. The van der Waals surface area contributed by atoms with Crippen LogP contribution in [0.3, 0.4) is 0 Å². The van der Waals surface area contributed by atoms with Crippen molar-refractivity contribution >= 4 is 46.3 Å². The van der Waals surface area contributed by atoms with Crippen LogP contribution in [0.2, 0.25) is 0 Å². The van der Waals surface area contributed by atoms with E-state index in [2.05, 4.69) is 38.5 Å². The highest BCUT2D eigenvalue weighted by molar-refractivity contribution is 14.1. The quantitative estimate of drug-likeness (QED) is 0.216. The highest BCUT2D eigenvalue weighted by Gasteiger charge is 2.41. The molecule has 3 atom stereocenters. The van der Waals surface area contributed by atoms with Crippen LogP contribution in [0.5, 0.6) is 0 Å². The summed E-state index contributed by atoms with van der Waals surface area (Å²) in [7, 11) is 1.29. The molecule has 3 N–H and O–H groups in total. The monoisotopic (exact) mass is 663 g/mol. The second-order valence-electron chi connectivity index (χ2n) is 11.4. The number of nitrogens with one attached hydrogen (secondary N) is 3. The summed E-state index contributed by atoms with van der Waals surface area (Å²) in [5.74, 6) is -1.69. The minimum Gasteiger partial charge on any atom is -0.467 e. The third kappa shape index (κ3) is 9.60. The average Bonchev–Trinajstić information content (AvgIpc) is 2.90. The largest absolute Gasteiger partial charge is 0.467 e. The SMILES string of the molecule is COC(=O)[C@H](CC(C)C)NC(=O)C(C)(C)[C@@H](Cc1ccccc1)NC(=O)[C@@H](NC(=O)c1ccc(I)cc1)C(C)C. The molecule has 0 aromatic heterocycles. The molecule has 2 rings (SSSR count). The van der Waals surface area contributed by atoms with Gasteiger partial charge in [-0.05, 0) is 90.9 Å². The Morgan fingerprint density at radius 2 is 1.48 bits per heavy atom. The van der Waals surface area contributed by atoms with E-state index >= 15 is 0 Å². The van der Waals surface area contributed by atoms with Crippen molar-refractivity contribution in [3.8, 4) is 0 Å². The van der Waals surface area contributed by atoms with Gasteiger partial charge in [-0.25, -0.2) is 4.79 Å². The van der Waals surface area contributed by atoms with Crippen molar-refractivity contribution in [2.24, 2.45) is 17.3 Å². The van der Waals surface area contributed by atoms with E-state index < -0.39 is 29.5 Å². The molecule has 0 unspecified atom stereocenters. The van der Waals surface area contributed by atoms with Crippen LogP contribution >= 0.6 is 22.6 Å². The number of esters is 1. The van der Waals surface area contributed by atoms with Gasteiger partial charge in [0.25, 0.3) is 5.91 Å². The smallest absolute Gasteiger partial charge is 0.328 e. The number of hydrogen-bond donors (Lipinski definition) is 3. The van der Waals surface area contributed by atoms with Crippen molar-refractivity contribution in [1.29, 1.82) is 0 Å². The van der Waals surface area contributed by atoms with Crippen LogP contribution in [0, 0.1) is 20.8 Å². The topological polar surface area (TPSA) is 114 Å². The maximum absolute atomic E-state index is 13.7. The Morgan fingerprint density at radius 3 is 2.00 bits per heavy atom. The van der Waals surface area contributed by atoms with Gasteiger partial charge >= 0.3 is 5.97 Å². The summed E-state index contributed by atoms with van der Waals surface area (Å²) < 4.78 is 5.92. The molecule has 0 heterocycles. The first-order valence-corrected chi connectivity index (χ1v) is 14.6. The van der Waals surface area contributed by atoms with Crippen LogP contribution in [0.15, 0.2) is 54.6 Å². The molecule has 0 saturated heterocycles. The normalized spacial score (nSPS) is 13.8. The second kappa shape index (κ2) is 15.2. The third-order valence-electron chi connectivity index (χ3n) is 6.90. The standard InChI is InChI=1S/C31H42IN3O5/c1-19(2)17-24(29(38)40-7)33-30(39)31(5,6)25(18-21-11-9-8-10-12-21)34-28(37)26(20(3)4)35-27(36)22-13-15-23(32)16-14-22/h8-16,19-20,24-26H,17-18H2,1-7H3,(H,33,39)(H,34,37)(H,35,36)/t24-,25+,26-/m0/s1. The van der Waals surface area contributed by atoms with Crippen LogP contribution in [-0.2, 0) is 25.5 Å². The fourth-order valence-electron chi connectivity index (χ4n) is 4.29. The van der Waals surface area contributed by atoms with E-state index in [1.165, 1.54) is 7.11 Å². The summed E-state index contributed by atoms with van der Waals surface area (Å²) >= 11 is 2.17. The summed E-state index contributed by atoms with van der Waals surface area (Å²) in [6, 6.07) is 14.4. The van der Waals surface area contributed by atoms with E-state index in [4.69, 9.17) is 4.74 Å². The fourth-order valence-corrected chi connectivity index (χ4v) is 4.65. The molecule has 0 bridgehead atoms. The van der Waals surface area contributed by atoms with Crippen molar-refractivity contribution in [3.05, 3.63) is 69.3 Å². The molecule has 40 heavy (non-hydrogen) atoms. The molecule has 0 aliphatic rings. The van der Waals surface area contributed by atoms with Gasteiger partial charge in [-0.1, -0.05) is 58.0 Å². The number of benzene rings is 2. The predicted molar refractivity (Wildman–Crippen MR) is 165 cm³/mol. The van der Waals surface area contributed by atoms with Crippen molar-refractivity contribution in [2.75, 3.05) is 7.11 Å². The summed E-state index contributed by atoms with van der Waals surface area (Å²) in [5, 5.41) is 8.78. The molecule has 0 radical (unpaired) electrons. The predicted octanol–water partition coefficient (Wildman–Crippen LogP) is 4.50. The zero-order valence-corrected chi connectivity index (χ0v) is 26.6. The Labute approximate surface area is 251 Å². The first-order chi connectivity index (χ1) is 18.8. The van der Waals surface area contributed by atoms with Crippen LogP contribution < -0.4 is 16.0 Å². The number of ether oxygens (including phenoxy) is 1. The molecule has 9 heteroatoms. The molecular formula is C31H42IN3O5. The van der Waals surface area contributed by atoms with E-state index in [0.717, 1.165) is 9.13 Å². The first kappa shape index (κ1) is 33.3. The molecule has 0 fully saturated rings. The number of hydrogen-bond acceptors (Lipinski definition) is 5. The summed E-state index contributed by atoms with van der Waals surface area (Å²) in [6.07, 6.45) is 0.792. The Hall–Kier alpha value is -2.95. The Balaban J connectivity index is 2.33. The van der Waals surface area contributed by atoms with Gasteiger partial charge in [0, 0.05) is 15.2 Å². The number of carbonyl (C=O) groups is 4. The molecule has 0 spiro atoms. The van der Waals surface area contributed by atoms with Gasteiger partial charge in [0.1, 0.15) is 12.1 Å². The maximum Gasteiger partial charge on any atom is 0.328 e. The van der Waals surface area contributed by atoms with Gasteiger partial charge in [0.15, 0.2) is 0 Å². The molecule has 2 aromatic rings. The van der Waals surface area contributed by atoms with Crippen molar-refractivity contribution in [1.82, 2.24) is 16.0 Å². The molecule has 0 aliphatic carbocycles. The molecule has 0 saturated carbocycles. The average molecular weight is 664 g/mol. The van der Waals surface area contributed by atoms with Crippen LogP contribution in [0.1, 0.15) is 63.9 Å². The lowest BCUT2D eigenvalue weighted by molar-refractivity contribution is -0.147. The number of halogens is 1. The van der Waals surface area contributed by atoms with E-state index in [9.17, 15) is 19.2 Å². The zero-order chi connectivity index (χ0) is 30.0. The highest BCUT2D eigenvalue weighted by Crippen LogP contribution is 2.26. The van der Waals surface area contributed by atoms with Crippen molar-refractivity contribution in [2.45, 2.75) is 72.5 Å². The maximum atomic E-state index is 13.7. The Morgan fingerprint density at radius 1 is 0.875 bits per heavy atom. The van der Waals surface area contributed by atoms with Gasteiger partial charge in [-0.2, -0.15) is 0 Å². The van der Waals surface area contributed by atoms with Crippen molar-refractivity contribution < 1.29 is 23.9 Å². The van der Waals surface area contributed by atoms with Gasteiger partial charge < -0.3 is 20.7 Å². The third-order valence-corrected chi connectivity index (χ3v) is 7.61. The summed E-state index contributed by atoms with van der Waals surface area (Å²) in [4.78, 5) is 52.7. The minimum atomic E-state index is -1.11. The number of methoxy groups -OCH3 is 1. The minimum absolute atomic E-state index is 0.149. The van der Waals surface area contributed by atoms with Crippen LogP contribution in [0.4, 0.5) is 0 Å². The highest BCUT2D eigenvalue weighted by atomic mass is 127. The van der Waals surface area contributed by atoms with Gasteiger partial charge in [-0.3, -0.25) is 14.4 Å². The molecule has 0 aliphatic heterocycles. The molecule has 2 aromatic carbocycles. The van der Waals surface area contributed by atoms with Gasteiger partial charge in [0.2, 0.25) is 11.8 Å². The van der Waals surface area contributed by atoms with Crippen LogP contribution in [-0.4, -0.2) is 48.9 Å². The molecule has 218 valence electrons. The molecular weight excluding hydrogens is 621 g/mol. The first-order valence-electron chi connectivity index (χ1n) is 13.6. The van der Waals surface area contributed by atoms with E-state index in [1.54, 1.807) is 26.0 Å². The van der Waals surface area contributed by atoms with Gasteiger partial charge in [-0.15, -0.1) is 0 Å². The van der Waals surface area contributed by atoms with E-state index in [1.807, 2.05) is 70.2 Å². The summed E-state index contributed by atoms with van der Waals surface area (Å²) in [6.45, 7) is 11.1. The van der Waals surface area contributed by atoms with E-state index in [-0.39, 0.29) is 29.6 Å². The lowest BCUT2D eigenvalue weighted by atomic mass is 9.79. The fraction of sp³-hybridized carbons (Fsp3) is 0.484. The lowest BCUT2D eigenvalue weighted by Crippen LogP contribution is -2.59. The lowest BCUT2D eigenvalue weighted by Gasteiger charge is -2.36. The van der Waals surface area contributed by atoms with Crippen molar-refractivity contribution in [3.63, 3.8) is 0 Å². The van der Waals surface area contributed by atoms with Gasteiger partial charge in [0.05, 0.1) is 12.5 Å². The zero-order valence-electron chi connectivity index (χ0n) is 24.4. The molecule has 3 amide bonds. The number of amides is 3. The summed E-state index contributed by atoms with van der Waals surface area (Å²) in [5.41, 5.74) is 0.277. The Kier molecular flexibility index (Phi) is 12.6. The Bertz CT molecular complexity index is 1150.